The highest BCUT2D eigenvalue weighted by Crippen LogP contribution is 2.47. The number of carbonyl (C=O) groups is 2. The second-order valence-corrected chi connectivity index (χ2v) is 7.90. The Balaban J connectivity index is 1.24. The number of carbonyl (C=O) groups excluding carboxylic acids is 2. The molecule has 0 atom stereocenters. The zero-order chi connectivity index (χ0) is 21.4. The predicted molar refractivity (Wildman–Crippen MR) is 111 cm³/mol. The lowest BCUT2D eigenvalue weighted by Crippen LogP contribution is -2.37. The van der Waals surface area contributed by atoms with Gasteiger partial charge in [0.15, 0.2) is 12.0 Å². The zero-order valence-electron chi connectivity index (χ0n) is 16.7. The van der Waals surface area contributed by atoms with E-state index >= 15 is 0 Å². The number of nitrogens with one attached hydrogen (secondary N) is 1. The van der Waals surface area contributed by atoms with E-state index in [1.54, 1.807) is 24.5 Å². The lowest BCUT2D eigenvalue weighted by Gasteiger charge is -2.35. The van der Waals surface area contributed by atoms with Crippen LogP contribution in [0.4, 0.5) is 5.82 Å². The lowest BCUT2D eigenvalue weighted by atomic mass is 9.75. The maximum Gasteiger partial charge on any atom is 0.406 e. The number of pyridine rings is 1. The second kappa shape index (κ2) is 7.46. The van der Waals surface area contributed by atoms with Gasteiger partial charge in [0, 0.05) is 17.5 Å². The third kappa shape index (κ3) is 3.39. The Labute approximate surface area is 178 Å². The Morgan fingerprint density at radius 3 is 2.58 bits per heavy atom. The molecule has 3 heterocycles. The summed E-state index contributed by atoms with van der Waals surface area (Å²) in [5.74, 6) is -0.558. The average molecular weight is 416 g/mol. The highest BCUT2D eigenvalue weighted by Gasteiger charge is 2.52. The van der Waals surface area contributed by atoms with E-state index in [9.17, 15) is 14.8 Å². The summed E-state index contributed by atoms with van der Waals surface area (Å²) in [5, 5.41) is 14.8. The Morgan fingerprint density at radius 2 is 1.87 bits per heavy atom. The number of fused-ring (bicyclic) bond motifs is 2. The summed E-state index contributed by atoms with van der Waals surface area (Å²) in [4.78, 5) is 33.6. The highest BCUT2D eigenvalue weighted by molar-refractivity contribution is 5.92. The van der Waals surface area contributed by atoms with Crippen LogP contribution < -0.4 is 10.0 Å². The van der Waals surface area contributed by atoms with Crippen molar-refractivity contribution in [1.29, 1.82) is 0 Å². The Bertz CT molecular complexity index is 1140. The van der Waals surface area contributed by atoms with Crippen molar-refractivity contribution >= 4 is 17.7 Å². The van der Waals surface area contributed by atoms with Crippen LogP contribution in [0.5, 0.6) is 0 Å². The monoisotopic (exact) mass is 416 g/mol. The van der Waals surface area contributed by atoms with Crippen LogP contribution in [0.25, 0.3) is 11.3 Å². The van der Waals surface area contributed by atoms with Crippen molar-refractivity contribution in [1.82, 2.24) is 9.97 Å². The number of benzene rings is 1. The average Bonchev–Trinajstić information content (AvgIpc) is 3.07. The van der Waals surface area contributed by atoms with Crippen molar-refractivity contribution in [2.45, 2.75) is 31.3 Å². The summed E-state index contributed by atoms with van der Waals surface area (Å²) in [7, 11) is 0. The first-order valence-electron chi connectivity index (χ1n) is 10.2. The van der Waals surface area contributed by atoms with E-state index < -0.39 is 11.6 Å². The van der Waals surface area contributed by atoms with Gasteiger partial charge in [0.1, 0.15) is 5.60 Å². The largest absolute Gasteiger partial charge is 0.618 e. The van der Waals surface area contributed by atoms with Gasteiger partial charge in [-0.1, -0.05) is 30.3 Å². The van der Waals surface area contributed by atoms with E-state index in [1.807, 2.05) is 30.3 Å². The van der Waals surface area contributed by atoms with E-state index in [2.05, 4.69) is 15.3 Å². The first-order valence-corrected chi connectivity index (χ1v) is 10.2. The van der Waals surface area contributed by atoms with Crippen molar-refractivity contribution in [3.63, 3.8) is 0 Å². The third-order valence-corrected chi connectivity index (χ3v) is 6.07. The summed E-state index contributed by atoms with van der Waals surface area (Å²) in [6.45, 7) is 0. The molecule has 2 aromatic heterocycles. The van der Waals surface area contributed by atoms with Crippen LogP contribution in [0.3, 0.4) is 0 Å². The minimum absolute atomic E-state index is 0.0548. The van der Waals surface area contributed by atoms with Gasteiger partial charge >= 0.3 is 11.7 Å². The van der Waals surface area contributed by atoms with E-state index in [0.29, 0.717) is 41.8 Å². The number of hydrogen-bond donors (Lipinski definition) is 1. The summed E-state index contributed by atoms with van der Waals surface area (Å²) in [6, 6.07) is 13.1. The third-order valence-electron chi connectivity index (χ3n) is 6.07. The molecular formula is C23H20N4O4. The van der Waals surface area contributed by atoms with Crippen LogP contribution in [0.1, 0.15) is 41.7 Å². The van der Waals surface area contributed by atoms with Gasteiger partial charge in [-0.2, -0.15) is 4.73 Å². The minimum Gasteiger partial charge on any atom is -0.618 e. The van der Waals surface area contributed by atoms with E-state index in [4.69, 9.17) is 4.74 Å². The van der Waals surface area contributed by atoms with E-state index in [1.165, 1.54) is 6.20 Å². The Kier molecular flexibility index (Phi) is 4.62. The van der Waals surface area contributed by atoms with E-state index in [0.717, 1.165) is 11.3 Å². The summed E-state index contributed by atoms with van der Waals surface area (Å²) in [5.41, 5.74) is 1.55. The standard InChI is InChI=1S/C23H20N4O4/c28-21(26-19-14-24-18(13-25-19)15-5-2-1-3-6-15)16-8-10-23(11-9-16)17-7-4-12-27(30)20(17)22(29)31-23/h1-7,12-14,16H,8-11H2,(H,25,26,28). The molecule has 0 saturated heterocycles. The fraction of sp³-hybridized carbons (Fsp3) is 0.261. The van der Waals surface area contributed by atoms with Gasteiger partial charge < -0.3 is 15.3 Å². The number of rotatable bonds is 3. The molecule has 0 radical (unpaired) electrons. The molecule has 156 valence electrons. The van der Waals surface area contributed by atoms with Gasteiger partial charge in [-0.15, -0.1) is 0 Å². The predicted octanol–water partition coefficient (Wildman–Crippen LogP) is 2.97. The number of aromatic nitrogens is 3. The quantitative estimate of drug-likeness (QED) is 0.400. The summed E-state index contributed by atoms with van der Waals surface area (Å²) >= 11 is 0. The molecule has 8 heteroatoms. The molecule has 1 aliphatic heterocycles. The van der Waals surface area contributed by atoms with Crippen LogP contribution in [0, 0.1) is 11.1 Å². The topological polar surface area (TPSA) is 108 Å². The van der Waals surface area contributed by atoms with Crippen LogP contribution in [0.15, 0.2) is 61.1 Å². The Hall–Kier alpha value is -3.81. The van der Waals surface area contributed by atoms with E-state index in [-0.39, 0.29) is 17.5 Å². The first-order chi connectivity index (χ1) is 15.1. The van der Waals surface area contributed by atoms with Crippen LogP contribution in [-0.2, 0) is 15.1 Å². The second-order valence-electron chi connectivity index (χ2n) is 7.90. The zero-order valence-corrected chi connectivity index (χ0v) is 16.7. The van der Waals surface area contributed by atoms with Crippen molar-refractivity contribution in [2.24, 2.45) is 5.92 Å². The molecule has 0 unspecified atom stereocenters. The molecule has 31 heavy (non-hydrogen) atoms. The minimum atomic E-state index is -0.812. The molecule has 1 aliphatic carbocycles. The van der Waals surface area contributed by atoms with Crippen molar-refractivity contribution in [3.8, 4) is 11.3 Å². The summed E-state index contributed by atoms with van der Waals surface area (Å²) in [6.07, 6.45) is 6.55. The molecule has 1 amide bonds. The molecule has 2 aliphatic rings. The van der Waals surface area contributed by atoms with Crippen LogP contribution in [-0.4, -0.2) is 21.8 Å². The molecule has 0 bridgehead atoms. The molecule has 5 rings (SSSR count). The normalized spacial score (nSPS) is 22.1. The fourth-order valence-corrected chi connectivity index (χ4v) is 4.43. The first kappa shape index (κ1) is 19.2. The van der Waals surface area contributed by atoms with Crippen molar-refractivity contribution in [2.75, 3.05) is 5.32 Å². The molecule has 1 fully saturated rings. The smallest absolute Gasteiger partial charge is 0.406 e. The maximum absolute atomic E-state index is 12.7. The number of esters is 1. The van der Waals surface area contributed by atoms with Gasteiger partial charge in [-0.3, -0.25) is 9.78 Å². The molecule has 8 nitrogen and oxygen atoms in total. The molecule has 3 aromatic rings. The lowest BCUT2D eigenvalue weighted by molar-refractivity contribution is -0.608. The van der Waals surface area contributed by atoms with Crippen LogP contribution in [0.2, 0.25) is 0 Å². The van der Waals surface area contributed by atoms with Crippen molar-refractivity contribution < 1.29 is 19.1 Å². The number of anilines is 1. The molecule has 1 saturated carbocycles. The number of ether oxygens (including phenoxy) is 1. The fourth-order valence-electron chi connectivity index (χ4n) is 4.43. The van der Waals surface area contributed by atoms with Gasteiger partial charge in [0.25, 0.3) is 0 Å². The number of hydrogen-bond acceptors (Lipinski definition) is 6. The molecular weight excluding hydrogens is 396 g/mol. The van der Waals surface area contributed by atoms with Crippen LogP contribution >= 0.6 is 0 Å². The maximum atomic E-state index is 12.7. The molecule has 1 spiro atoms. The van der Waals surface area contributed by atoms with Gasteiger partial charge in [0.05, 0.1) is 23.7 Å². The van der Waals surface area contributed by atoms with Gasteiger partial charge in [-0.25, -0.2) is 9.78 Å². The molecule has 1 N–H and O–H groups in total. The summed E-state index contributed by atoms with van der Waals surface area (Å²) < 4.78 is 6.19. The van der Waals surface area contributed by atoms with Gasteiger partial charge in [0.2, 0.25) is 5.91 Å². The highest BCUT2D eigenvalue weighted by atomic mass is 16.6. The Morgan fingerprint density at radius 1 is 1.10 bits per heavy atom. The molecule has 1 aromatic carbocycles. The number of amides is 1. The van der Waals surface area contributed by atoms with Crippen molar-refractivity contribution in [3.05, 3.63) is 77.5 Å². The number of nitrogens with zero attached hydrogens (tertiary/aromatic N) is 3. The SMILES string of the molecule is O=C1OC2(CCC(C(=O)Nc3cnc(-c4ccccc4)cn3)CC2)c2ccc[n+]([O-])c21. The van der Waals surface area contributed by atoms with Gasteiger partial charge in [-0.05, 0) is 31.7 Å².